The van der Waals surface area contributed by atoms with Crippen molar-refractivity contribution >= 4 is 28.1 Å². The molecule has 6 heteroatoms. The predicted octanol–water partition coefficient (Wildman–Crippen LogP) is 1.54. The number of aryl methyl sites for hydroxylation is 1. The van der Waals surface area contributed by atoms with E-state index in [1.54, 1.807) is 12.3 Å². The second kappa shape index (κ2) is 6.56. The molecule has 0 aromatic heterocycles. The molecule has 1 rings (SSSR count). The molecule has 0 radical (unpaired) electrons. The highest BCUT2D eigenvalue weighted by Gasteiger charge is 2.14. The predicted molar refractivity (Wildman–Crippen MR) is 78.9 cm³/mol. The van der Waals surface area contributed by atoms with Crippen molar-refractivity contribution in [3.05, 3.63) is 23.3 Å². The summed E-state index contributed by atoms with van der Waals surface area (Å²) in [5, 5.41) is 3.18. The van der Waals surface area contributed by atoms with E-state index in [4.69, 9.17) is 10.5 Å². The van der Waals surface area contributed by atoms with Crippen LogP contribution in [0.3, 0.4) is 0 Å². The number of nitrogen functional groups attached to an aromatic ring is 1. The molecule has 3 N–H and O–H groups in total. The maximum Gasteiger partial charge on any atom is 0.340 e. The minimum Gasteiger partial charge on any atom is -0.465 e. The molecule has 0 fully saturated rings. The van der Waals surface area contributed by atoms with Crippen LogP contribution in [0, 0.1) is 6.92 Å². The summed E-state index contributed by atoms with van der Waals surface area (Å²) in [4.78, 5) is 11.6. The van der Waals surface area contributed by atoms with Gasteiger partial charge in [-0.3, -0.25) is 4.21 Å². The largest absolute Gasteiger partial charge is 0.465 e. The van der Waals surface area contributed by atoms with E-state index in [0.29, 0.717) is 17.8 Å². The first-order chi connectivity index (χ1) is 8.86. The number of nitrogens with one attached hydrogen (secondary N) is 1. The van der Waals surface area contributed by atoms with Crippen LogP contribution < -0.4 is 11.1 Å². The van der Waals surface area contributed by atoms with E-state index in [1.165, 1.54) is 7.11 Å². The SMILES string of the molecule is COC(=O)c1cc(NCC(C)S(C)=O)cc(C)c1N. The van der Waals surface area contributed by atoms with Crippen molar-refractivity contribution in [2.24, 2.45) is 0 Å². The Labute approximate surface area is 116 Å². The van der Waals surface area contributed by atoms with Crippen LogP contribution in [-0.2, 0) is 15.5 Å². The maximum absolute atomic E-state index is 11.6. The molecule has 0 bridgehead atoms. The number of anilines is 2. The van der Waals surface area contributed by atoms with E-state index in [2.05, 4.69) is 5.32 Å². The van der Waals surface area contributed by atoms with E-state index in [0.717, 1.165) is 11.3 Å². The highest BCUT2D eigenvalue weighted by molar-refractivity contribution is 7.84. The fourth-order valence-corrected chi connectivity index (χ4v) is 1.88. The van der Waals surface area contributed by atoms with Gasteiger partial charge in [-0.05, 0) is 31.5 Å². The minimum absolute atomic E-state index is 0.0273. The summed E-state index contributed by atoms with van der Waals surface area (Å²) in [5.41, 5.74) is 8.19. The van der Waals surface area contributed by atoms with Crippen LogP contribution in [0.2, 0.25) is 0 Å². The van der Waals surface area contributed by atoms with Crippen LogP contribution in [0.4, 0.5) is 11.4 Å². The lowest BCUT2D eigenvalue weighted by atomic mass is 10.1. The average molecular weight is 284 g/mol. The van der Waals surface area contributed by atoms with Crippen LogP contribution in [0.15, 0.2) is 12.1 Å². The van der Waals surface area contributed by atoms with E-state index in [-0.39, 0.29) is 5.25 Å². The van der Waals surface area contributed by atoms with Crippen LogP contribution in [-0.4, -0.2) is 35.3 Å². The van der Waals surface area contributed by atoms with Crippen LogP contribution in [0.25, 0.3) is 0 Å². The lowest BCUT2D eigenvalue weighted by Gasteiger charge is -2.14. The normalized spacial score (nSPS) is 13.7. The van der Waals surface area contributed by atoms with E-state index in [1.807, 2.05) is 19.9 Å². The van der Waals surface area contributed by atoms with Gasteiger partial charge in [0.1, 0.15) is 0 Å². The summed E-state index contributed by atoms with van der Waals surface area (Å²) in [5.74, 6) is -0.462. The second-order valence-corrected chi connectivity index (χ2v) is 6.24. The van der Waals surface area contributed by atoms with Gasteiger partial charge in [0.2, 0.25) is 0 Å². The van der Waals surface area contributed by atoms with E-state index >= 15 is 0 Å². The van der Waals surface area contributed by atoms with Gasteiger partial charge in [-0.15, -0.1) is 0 Å². The Kier molecular flexibility index (Phi) is 5.35. The zero-order valence-corrected chi connectivity index (χ0v) is 12.5. The molecule has 1 aromatic rings. The molecule has 0 spiro atoms. The van der Waals surface area contributed by atoms with Gasteiger partial charge in [0.05, 0.1) is 12.7 Å². The third kappa shape index (κ3) is 3.96. The molecular weight excluding hydrogens is 264 g/mol. The van der Waals surface area contributed by atoms with Crippen LogP contribution in [0.5, 0.6) is 0 Å². The number of esters is 1. The molecule has 0 aliphatic rings. The van der Waals surface area contributed by atoms with Crippen molar-refractivity contribution in [3.8, 4) is 0 Å². The summed E-state index contributed by atoms with van der Waals surface area (Å²) in [6.45, 7) is 4.29. The van der Waals surface area contributed by atoms with Crippen molar-refractivity contribution in [2.45, 2.75) is 19.1 Å². The highest BCUT2D eigenvalue weighted by atomic mass is 32.2. The Morgan fingerprint density at radius 1 is 1.53 bits per heavy atom. The Morgan fingerprint density at radius 3 is 2.68 bits per heavy atom. The molecule has 0 aliphatic carbocycles. The van der Waals surface area contributed by atoms with Gasteiger partial charge in [-0.25, -0.2) is 4.79 Å². The van der Waals surface area contributed by atoms with Gasteiger partial charge in [0.15, 0.2) is 0 Å². The number of benzene rings is 1. The van der Waals surface area contributed by atoms with Crippen molar-refractivity contribution in [1.29, 1.82) is 0 Å². The van der Waals surface area contributed by atoms with Gasteiger partial charge in [0.25, 0.3) is 0 Å². The number of carbonyl (C=O) groups excluding carboxylic acids is 1. The summed E-state index contributed by atoms with van der Waals surface area (Å²) >= 11 is 0. The molecule has 0 saturated heterocycles. The third-order valence-electron chi connectivity index (χ3n) is 2.95. The monoisotopic (exact) mass is 284 g/mol. The molecule has 1 aromatic carbocycles. The molecule has 19 heavy (non-hydrogen) atoms. The molecule has 5 nitrogen and oxygen atoms in total. The van der Waals surface area contributed by atoms with Crippen molar-refractivity contribution in [1.82, 2.24) is 0 Å². The average Bonchev–Trinajstić information content (AvgIpc) is 2.38. The van der Waals surface area contributed by atoms with Gasteiger partial charge in [-0.1, -0.05) is 0 Å². The van der Waals surface area contributed by atoms with Gasteiger partial charge >= 0.3 is 5.97 Å². The van der Waals surface area contributed by atoms with Crippen molar-refractivity contribution < 1.29 is 13.7 Å². The molecule has 106 valence electrons. The summed E-state index contributed by atoms with van der Waals surface area (Å²) in [7, 11) is 0.431. The zero-order valence-electron chi connectivity index (χ0n) is 11.6. The Balaban J connectivity index is 2.94. The number of hydrogen-bond acceptors (Lipinski definition) is 5. The summed E-state index contributed by atoms with van der Waals surface area (Å²) in [6.07, 6.45) is 1.67. The summed E-state index contributed by atoms with van der Waals surface area (Å²) in [6, 6.07) is 3.51. The lowest BCUT2D eigenvalue weighted by molar-refractivity contribution is 0.0602. The molecule has 0 heterocycles. The van der Waals surface area contributed by atoms with Gasteiger partial charge < -0.3 is 15.8 Å². The van der Waals surface area contributed by atoms with Gasteiger partial charge in [0, 0.05) is 40.2 Å². The molecule has 2 atom stereocenters. The number of carbonyl (C=O) groups is 1. The van der Waals surface area contributed by atoms with E-state index < -0.39 is 16.8 Å². The van der Waals surface area contributed by atoms with Gasteiger partial charge in [-0.2, -0.15) is 0 Å². The summed E-state index contributed by atoms with van der Waals surface area (Å²) < 4.78 is 16.0. The maximum atomic E-state index is 11.6. The molecule has 0 saturated carbocycles. The quantitative estimate of drug-likeness (QED) is 0.633. The third-order valence-corrected chi connectivity index (χ3v) is 4.25. The van der Waals surface area contributed by atoms with E-state index in [9.17, 15) is 9.00 Å². The first-order valence-corrected chi connectivity index (χ1v) is 7.53. The Hall–Kier alpha value is -1.56. The Bertz CT molecular complexity index is 503. The lowest BCUT2D eigenvalue weighted by Crippen LogP contribution is -2.21. The standard InChI is InChI=1S/C13H20N2O3S/c1-8-5-10(15-7-9(2)19(4)17)6-11(12(8)14)13(16)18-3/h5-6,9,15H,7,14H2,1-4H3. The molecule has 2 unspecified atom stereocenters. The minimum atomic E-state index is -0.888. The van der Waals surface area contributed by atoms with Crippen LogP contribution >= 0.6 is 0 Å². The number of hydrogen-bond donors (Lipinski definition) is 2. The number of methoxy groups -OCH3 is 1. The zero-order chi connectivity index (χ0) is 14.6. The molecule has 0 amide bonds. The number of rotatable bonds is 5. The fraction of sp³-hybridized carbons (Fsp3) is 0.462. The first-order valence-electron chi connectivity index (χ1n) is 5.91. The topological polar surface area (TPSA) is 81.4 Å². The Morgan fingerprint density at radius 2 is 2.16 bits per heavy atom. The first kappa shape index (κ1) is 15.5. The number of nitrogens with two attached hydrogens (primary N) is 1. The fourth-order valence-electron chi connectivity index (χ4n) is 1.56. The number of ether oxygens (including phenoxy) is 1. The molecular formula is C13H20N2O3S. The van der Waals surface area contributed by atoms with Crippen molar-refractivity contribution in [2.75, 3.05) is 31.0 Å². The highest BCUT2D eigenvalue weighted by Crippen LogP contribution is 2.23. The van der Waals surface area contributed by atoms with Crippen molar-refractivity contribution in [3.63, 3.8) is 0 Å². The smallest absolute Gasteiger partial charge is 0.340 e. The molecule has 0 aliphatic heterocycles. The second-order valence-electron chi connectivity index (χ2n) is 4.44. The van der Waals surface area contributed by atoms with Crippen LogP contribution in [0.1, 0.15) is 22.8 Å².